The number of fused-ring (bicyclic) bond motifs is 2. The van der Waals surface area contributed by atoms with Crippen LogP contribution in [-0.2, 0) is 9.53 Å². The van der Waals surface area contributed by atoms with Gasteiger partial charge < -0.3 is 9.84 Å². The number of hydrogen-bond donors (Lipinski definition) is 1. The van der Waals surface area contributed by atoms with Crippen LogP contribution >= 0.6 is 47.8 Å². The molecule has 2 fully saturated rings. The monoisotopic (exact) mass is 494 g/mol. The molecule has 0 amide bonds. The normalized spacial score (nSPS) is 29.6. The lowest BCUT2D eigenvalue weighted by molar-refractivity contribution is -0.144. The van der Waals surface area contributed by atoms with Crippen molar-refractivity contribution in [2.75, 3.05) is 0 Å². The Hall–Kier alpha value is -0.400. The van der Waals surface area contributed by atoms with E-state index in [1.165, 1.54) is 0 Å². The second-order valence-corrected chi connectivity index (χ2v) is 8.43. The van der Waals surface area contributed by atoms with Gasteiger partial charge >= 0.3 is 11.9 Å². The Morgan fingerprint density at radius 3 is 2.41 bits per heavy atom. The van der Waals surface area contributed by atoms with Crippen molar-refractivity contribution < 1.29 is 19.4 Å². The molecule has 2 aliphatic carbocycles. The molecule has 2 aliphatic rings. The Morgan fingerprint density at radius 2 is 1.82 bits per heavy atom. The molecular weight excluding hydrogens is 484 g/mol. The predicted octanol–water partition coefficient (Wildman–Crippen LogP) is 4.63. The second-order valence-electron chi connectivity index (χ2n) is 5.86. The number of esters is 1. The zero-order chi connectivity index (χ0) is 16.0. The maximum absolute atomic E-state index is 12.4. The minimum atomic E-state index is -0.726. The number of hydrogen-bond acceptors (Lipinski definition) is 3. The van der Waals surface area contributed by atoms with Crippen molar-refractivity contribution in [3.8, 4) is 0 Å². The first-order valence-electron chi connectivity index (χ1n) is 6.95. The molecule has 0 radical (unpaired) electrons. The van der Waals surface area contributed by atoms with E-state index in [0.29, 0.717) is 22.9 Å². The predicted molar refractivity (Wildman–Crippen MR) is 90.7 cm³/mol. The smallest absolute Gasteiger partial charge is 0.339 e. The van der Waals surface area contributed by atoms with Gasteiger partial charge in [-0.2, -0.15) is 0 Å². The van der Waals surface area contributed by atoms with E-state index in [4.69, 9.17) is 9.84 Å². The summed E-state index contributed by atoms with van der Waals surface area (Å²) in [6.07, 6.45) is 1.94. The number of benzene rings is 1. The molecule has 0 heterocycles. The number of ether oxygens (including phenoxy) is 1. The maximum Gasteiger partial charge on any atom is 0.339 e. The van der Waals surface area contributed by atoms with Crippen molar-refractivity contribution in [1.29, 1.82) is 0 Å². The first-order valence-corrected chi connectivity index (χ1v) is 9.33. The summed E-state index contributed by atoms with van der Waals surface area (Å²) < 4.78 is 7.86. The van der Waals surface area contributed by atoms with Crippen LogP contribution in [-0.4, -0.2) is 23.1 Å². The quantitative estimate of drug-likeness (QED) is 0.489. The van der Waals surface area contributed by atoms with Gasteiger partial charge in [0.25, 0.3) is 0 Å². The van der Waals surface area contributed by atoms with E-state index in [0.717, 1.165) is 15.4 Å². The summed E-state index contributed by atoms with van der Waals surface area (Å²) in [6, 6.07) is 3.56. The number of carbonyl (C=O) groups excluding carboxylic acids is 1. The highest BCUT2D eigenvalue weighted by atomic mass is 79.9. The SMILES string of the molecule is O=C(OC1CC2CC1CC2C(=O)O)c1cc(Br)cc(Br)c1Br. The minimum Gasteiger partial charge on any atom is -0.481 e. The standard InChI is InChI=1S/C15H13Br3O4/c16-8-4-10(13(18)11(17)5-8)15(21)22-12-3-6-1-7(12)2-9(6)14(19)20/h4-7,9,12H,1-3H2,(H,19,20). The van der Waals surface area contributed by atoms with Gasteiger partial charge in [0.05, 0.1) is 11.5 Å². The van der Waals surface area contributed by atoms with Gasteiger partial charge in [0.15, 0.2) is 0 Å². The highest BCUT2D eigenvalue weighted by molar-refractivity contribution is 9.13. The highest BCUT2D eigenvalue weighted by Crippen LogP contribution is 2.50. The summed E-state index contributed by atoms with van der Waals surface area (Å²) in [5.41, 5.74) is 0.457. The fourth-order valence-electron chi connectivity index (χ4n) is 3.58. The Morgan fingerprint density at radius 1 is 1.09 bits per heavy atom. The molecule has 7 heteroatoms. The van der Waals surface area contributed by atoms with Gasteiger partial charge in [-0.3, -0.25) is 4.79 Å². The Balaban J connectivity index is 1.71. The summed E-state index contributed by atoms with van der Waals surface area (Å²) in [5, 5.41) is 9.15. The van der Waals surface area contributed by atoms with E-state index < -0.39 is 5.97 Å². The maximum atomic E-state index is 12.4. The van der Waals surface area contributed by atoms with E-state index in [-0.39, 0.29) is 29.8 Å². The van der Waals surface area contributed by atoms with Gasteiger partial charge in [-0.1, -0.05) is 15.9 Å². The van der Waals surface area contributed by atoms with Crippen LogP contribution in [0.15, 0.2) is 25.6 Å². The van der Waals surface area contributed by atoms with Crippen molar-refractivity contribution >= 4 is 59.7 Å². The number of rotatable bonds is 3. The van der Waals surface area contributed by atoms with Crippen LogP contribution in [0.2, 0.25) is 0 Å². The lowest BCUT2D eigenvalue weighted by Gasteiger charge is -2.25. The Bertz CT molecular complexity index is 646. The number of carboxylic acids is 1. The molecule has 22 heavy (non-hydrogen) atoms. The van der Waals surface area contributed by atoms with Gasteiger partial charge in [-0.05, 0) is 75.1 Å². The average Bonchev–Trinajstić information content (AvgIpc) is 3.02. The molecule has 4 atom stereocenters. The van der Waals surface area contributed by atoms with Crippen LogP contribution in [0.25, 0.3) is 0 Å². The molecule has 0 saturated heterocycles. The summed E-state index contributed by atoms with van der Waals surface area (Å²) in [4.78, 5) is 23.5. The summed E-state index contributed by atoms with van der Waals surface area (Å²) in [5.74, 6) is -1.07. The molecule has 2 bridgehead atoms. The molecule has 0 spiro atoms. The molecule has 1 aromatic rings. The molecule has 0 aromatic heterocycles. The Kier molecular flexibility index (Phi) is 4.67. The molecule has 4 unspecified atom stereocenters. The van der Waals surface area contributed by atoms with Crippen LogP contribution in [0.1, 0.15) is 29.6 Å². The molecule has 0 aliphatic heterocycles. The third-order valence-electron chi connectivity index (χ3n) is 4.58. The van der Waals surface area contributed by atoms with Crippen molar-refractivity contribution in [2.45, 2.75) is 25.4 Å². The molecule has 2 saturated carbocycles. The van der Waals surface area contributed by atoms with E-state index in [1.54, 1.807) is 6.07 Å². The van der Waals surface area contributed by atoms with E-state index in [9.17, 15) is 9.59 Å². The fraction of sp³-hybridized carbons (Fsp3) is 0.467. The zero-order valence-corrected chi connectivity index (χ0v) is 16.1. The molecule has 4 nitrogen and oxygen atoms in total. The third-order valence-corrected chi connectivity index (χ3v) is 7.05. The molecule has 3 rings (SSSR count). The summed E-state index contributed by atoms with van der Waals surface area (Å²) in [6.45, 7) is 0. The number of carbonyl (C=O) groups is 2. The molecule has 1 N–H and O–H groups in total. The summed E-state index contributed by atoms with van der Waals surface area (Å²) >= 11 is 10.1. The van der Waals surface area contributed by atoms with E-state index in [1.807, 2.05) is 6.07 Å². The molecule has 118 valence electrons. The molecule has 1 aromatic carbocycles. The van der Waals surface area contributed by atoms with Gasteiger partial charge in [0.1, 0.15) is 6.10 Å². The number of halogens is 3. The van der Waals surface area contributed by atoms with E-state index >= 15 is 0 Å². The minimum absolute atomic E-state index is 0.137. The van der Waals surface area contributed by atoms with Crippen molar-refractivity contribution in [1.82, 2.24) is 0 Å². The van der Waals surface area contributed by atoms with Gasteiger partial charge in [-0.15, -0.1) is 0 Å². The lowest BCUT2D eigenvalue weighted by Crippen LogP contribution is -2.30. The first-order chi connectivity index (χ1) is 10.4. The Labute approximate surface area is 153 Å². The van der Waals surface area contributed by atoms with Gasteiger partial charge in [0, 0.05) is 13.4 Å². The van der Waals surface area contributed by atoms with Crippen molar-refractivity contribution in [2.24, 2.45) is 17.8 Å². The number of carboxylic acid groups (broad SMARTS) is 1. The van der Waals surface area contributed by atoms with Crippen LogP contribution in [0.3, 0.4) is 0 Å². The van der Waals surface area contributed by atoms with E-state index in [2.05, 4.69) is 47.8 Å². The largest absolute Gasteiger partial charge is 0.481 e. The van der Waals surface area contributed by atoms with Crippen LogP contribution in [0.5, 0.6) is 0 Å². The van der Waals surface area contributed by atoms with Crippen molar-refractivity contribution in [3.63, 3.8) is 0 Å². The fourth-order valence-corrected chi connectivity index (χ4v) is 5.19. The lowest BCUT2D eigenvalue weighted by atomic mass is 9.87. The number of aliphatic carboxylic acids is 1. The first kappa shape index (κ1) is 16.5. The zero-order valence-electron chi connectivity index (χ0n) is 11.4. The van der Waals surface area contributed by atoms with Crippen LogP contribution in [0, 0.1) is 17.8 Å². The topological polar surface area (TPSA) is 63.6 Å². The highest BCUT2D eigenvalue weighted by Gasteiger charge is 2.50. The van der Waals surface area contributed by atoms with Crippen molar-refractivity contribution in [3.05, 3.63) is 31.1 Å². The third kappa shape index (κ3) is 2.99. The van der Waals surface area contributed by atoms with Gasteiger partial charge in [-0.25, -0.2) is 4.79 Å². The molecular formula is C15H13Br3O4. The average molecular weight is 497 g/mol. The van der Waals surface area contributed by atoms with Crippen LogP contribution in [0.4, 0.5) is 0 Å². The second kappa shape index (κ2) is 6.24. The summed E-state index contributed by atoms with van der Waals surface area (Å²) in [7, 11) is 0. The van der Waals surface area contributed by atoms with Crippen LogP contribution < -0.4 is 0 Å². The van der Waals surface area contributed by atoms with Gasteiger partial charge in [0.2, 0.25) is 0 Å².